The summed E-state index contributed by atoms with van der Waals surface area (Å²) in [5.74, 6) is 0. The van der Waals surface area contributed by atoms with Gasteiger partial charge in [0.15, 0.2) is 0 Å². The minimum absolute atomic E-state index is 0.564. The van der Waals surface area contributed by atoms with E-state index in [2.05, 4.69) is 30.1 Å². The maximum absolute atomic E-state index is 5.65. The molecule has 1 aromatic rings. The van der Waals surface area contributed by atoms with Crippen LogP contribution in [0.3, 0.4) is 0 Å². The molecule has 0 bridgehead atoms. The zero-order valence-electron chi connectivity index (χ0n) is 10.8. The van der Waals surface area contributed by atoms with Crippen LogP contribution >= 0.6 is 0 Å². The predicted octanol–water partition coefficient (Wildman–Crippen LogP) is 1.91. The van der Waals surface area contributed by atoms with Crippen LogP contribution in [0.15, 0.2) is 12.3 Å². The first-order valence-electron chi connectivity index (χ1n) is 5.76. The fraction of sp³-hybridized carbons (Fsp3) is 0.727. The Hall–Kier alpha value is -0.653. The van der Waals surface area contributed by atoms with Crippen LogP contribution < -0.4 is 5.32 Å². The molecule has 5 heteroatoms. The summed E-state index contributed by atoms with van der Waals surface area (Å²) in [4.78, 5) is 0. The van der Waals surface area contributed by atoms with E-state index in [0.29, 0.717) is 6.73 Å². The van der Waals surface area contributed by atoms with Gasteiger partial charge in [-0.15, -0.1) is 0 Å². The van der Waals surface area contributed by atoms with Crippen molar-refractivity contribution in [1.29, 1.82) is 0 Å². The van der Waals surface area contributed by atoms with Gasteiger partial charge < -0.3 is 10.1 Å². The number of nitrogens with zero attached hydrogens (tertiary/aromatic N) is 2. The van der Waals surface area contributed by atoms with Gasteiger partial charge in [0.05, 0.1) is 5.69 Å². The molecule has 0 saturated heterocycles. The summed E-state index contributed by atoms with van der Waals surface area (Å²) in [6.45, 7) is 9.31. The topological polar surface area (TPSA) is 39.1 Å². The standard InChI is InChI=1S/C11H23N3OSi/c1-12-9-11-5-6-13-14(11)10-15-7-8-16(2,3)4/h5-6,12H,7-10H2,1-4H3. The van der Waals surface area contributed by atoms with E-state index in [1.165, 1.54) is 6.04 Å². The highest BCUT2D eigenvalue weighted by atomic mass is 28.3. The van der Waals surface area contributed by atoms with Crippen molar-refractivity contribution >= 4 is 8.07 Å². The molecule has 1 N–H and O–H groups in total. The molecule has 0 atom stereocenters. The molecule has 0 aliphatic heterocycles. The molecule has 16 heavy (non-hydrogen) atoms. The maximum Gasteiger partial charge on any atom is 0.139 e. The van der Waals surface area contributed by atoms with E-state index in [1.54, 1.807) is 0 Å². The molecule has 0 amide bonds. The highest BCUT2D eigenvalue weighted by Gasteiger charge is 2.12. The highest BCUT2D eigenvalue weighted by molar-refractivity contribution is 6.76. The van der Waals surface area contributed by atoms with E-state index in [1.807, 2.05) is 24.0 Å². The molecule has 0 fully saturated rings. The normalized spacial score (nSPS) is 12.0. The SMILES string of the molecule is CNCc1ccnn1COCC[Si](C)(C)C. The highest BCUT2D eigenvalue weighted by Crippen LogP contribution is 2.08. The monoisotopic (exact) mass is 241 g/mol. The molecule has 92 valence electrons. The number of aromatic nitrogens is 2. The van der Waals surface area contributed by atoms with Gasteiger partial charge in [0.1, 0.15) is 6.73 Å². The van der Waals surface area contributed by atoms with Gasteiger partial charge >= 0.3 is 0 Å². The lowest BCUT2D eigenvalue weighted by atomic mass is 10.4. The van der Waals surface area contributed by atoms with Crippen molar-refractivity contribution < 1.29 is 4.74 Å². The molecular weight excluding hydrogens is 218 g/mol. The Balaban J connectivity index is 2.29. The molecule has 0 spiro atoms. The van der Waals surface area contributed by atoms with Crippen LogP contribution in [-0.4, -0.2) is 31.5 Å². The molecule has 0 radical (unpaired) electrons. The predicted molar refractivity (Wildman–Crippen MR) is 69.1 cm³/mol. The van der Waals surface area contributed by atoms with Gasteiger partial charge in [-0.05, 0) is 19.2 Å². The summed E-state index contributed by atoms with van der Waals surface area (Å²) in [5, 5.41) is 7.35. The summed E-state index contributed by atoms with van der Waals surface area (Å²) in [5.41, 5.74) is 1.16. The van der Waals surface area contributed by atoms with Gasteiger partial charge in [-0.3, -0.25) is 0 Å². The van der Waals surface area contributed by atoms with Crippen molar-refractivity contribution in [3.63, 3.8) is 0 Å². The molecule has 0 aromatic carbocycles. The lowest BCUT2D eigenvalue weighted by Gasteiger charge is -2.15. The van der Waals surface area contributed by atoms with Crippen molar-refractivity contribution in [1.82, 2.24) is 15.1 Å². The fourth-order valence-electron chi connectivity index (χ4n) is 1.34. The Labute approximate surface area is 99.0 Å². The van der Waals surface area contributed by atoms with Crippen LogP contribution in [0.1, 0.15) is 5.69 Å². The summed E-state index contributed by atoms with van der Waals surface area (Å²) in [7, 11) is 0.959. The van der Waals surface area contributed by atoms with Crippen molar-refractivity contribution in [3.8, 4) is 0 Å². The van der Waals surface area contributed by atoms with Crippen LogP contribution in [0.2, 0.25) is 25.7 Å². The first kappa shape index (κ1) is 13.4. The van der Waals surface area contributed by atoms with Gasteiger partial charge in [-0.25, -0.2) is 4.68 Å². The van der Waals surface area contributed by atoms with E-state index in [9.17, 15) is 0 Å². The largest absolute Gasteiger partial charge is 0.360 e. The Bertz CT molecular complexity index is 306. The third-order valence-electron chi connectivity index (χ3n) is 2.37. The second-order valence-electron chi connectivity index (χ2n) is 5.20. The summed E-state index contributed by atoms with van der Waals surface area (Å²) >= 11 is 0. The van der Waals surface area contributed by atoms with Crippen molar-refractivity contribution in [2.75, 3.05) is 13.7 Å². The van der Waals surface area contributed by atoms with Crippen molar-refractivity contribution in [2.24, 2.45) is 0 Å². The second kappa shape index (κ2) is 6.17. The minimum Gasteiger partial charge on any atom is -0.360 e. The Morgan fingerprint density at radius 2 is 2.19 bits per heavy atom. The van der Waals surface area contributed by atoms with Crippen LogP contribution in [0.4, 0.5) is 0 Å². The third-order valence-corrected chi connectivity index (χ3v) is 4.08. The van der Waals surface area contributed by atoms with Crippen molar-refractivity contribution in [2.45, 2.75) is 39.0 Å². The maximum atomic E-state index is 5.65. The minimum atomic E-state index is -0.975. The van der Waals surface area contributed by atoms with E-state index < -0.39 is 8.07 Å². The molecule has 1 heterocycles. The van der Waals surface area contributed by atoms with Gasteiger partial charge in [-0.2, -0.15) is 5.10 Å². The molecule has 0 unspecified atom stereocenters. The van der Waals surface area contributed by atoms with Crippen LogP contribution in [0.5, 0.6) is 0 Å². The van der Waals surface area contributed by atoms with Crippen LogP contribution in [0.25, 0.3) is 0 Å². The average molecular weight is 241 g/mol. The van der Waals surface area contributed by atoms with Crippen LogP contribution in [-0.2, 0) is 18.0 Å². The smallest absolute Gasteiger partial charge is 0.139 e. The van der Waals surface area contributed by atoms with Crippen molar-refractivity contribution in [3.05, 3.63) is 18.0 Å². The first-order valence-corrected chi connectivity index (χ1v) is 9.47. The molecule has 1 rings (SSSR count). The van der Waals surface area contributed by atoms with E-state index >= 15 is 0 Å². The number of hydrogen-bond donors (Lipinski definition) is 1. The fourth-order valence-corrected chi connectivity index (χ4v) is 2.09. The summed E-state index contributed by atoms with van der Waals surface area (Å²) in [6.07, 6.45) is 1.81. The number of rotatable bonds is 7. The van der Waals surface area contributed by atoms with E-state index in [0.717, 1.165) is 18.8 Å². The lowest BCUT2D eigenvalue weighted by molar-refractivity contribution is 0.0763. The molecular formula is C11H23N3OSi. The van der Waals surface area contributed by atoms with Gasteiger partial charge in [0.25, 0.3) is 0 Å². The Morgan fingerprint density at radius 3 is 2.81 bits per heavy atom. The van der Waals surface area contributed by atoms with Gasteiger partial charge in [0, 0.05) is 27.4 Å². The zero-order valence-corrected chi connectivity index (χ0v) is 11.8. The quantitative estimate of drug-likeness (QED) is 0.585. The third kappa shape index (κ3) is 4.91. The summed E-state index contributed by atoms with van der Waals surface area (Å²) in [6, 6.07) is 3.22. The summed E-state index contributed by atoms with van der Waals surface area (Å²) < 4.78 is 7.55. The molecule has 0 aliphatic rings. The molecule has 4 nitrogen and oxygen atoms in total. The Kier molecular flexibility index (Phi) is 5.17. The average Bonchev–Trinajstić information content (AvgIpc) is 2.60. The Morgan fingerprint density at radius 1 is 1.44 bits per heavy atom. The molecule has 0 aliphatic carbocycles. The molecule has 0 saturated carbocycles. The lowest BCUT2D eigenvalue weighted by Crippen LogP contribution is -2.22. The van der Waals surface area contributed by atoms with E-state index in [-0.39, 0.29) is 0 Å². The van der Waals surface area contributed by atoms with Gasteiger partial charge in [-0.1, -0.05) is 19.6 Å². The zero-order chi connectivity index (χ0) is 12.0. The number of nitrogens with one attached hydrogen (secondary N) is 1. The number of hydrogen-bond acceptors (Lipinski definition) is 3. The second-order valence-corrected chi connectivity index (χ2v) is 10.8. The molecule has 1 aromatic heterocycles. The first-order chi connectivity index (χ1) is 7.53. The van der Waals surface area contributed by atoms with Gasteiger partial charge in [0.2, 0.25) is 0 Å². The number of ether oxygens (including phenoxy) is 1. The van der Waals surface area contributed by atoms with Crippen LogP contribution in [0, 0.1) is 0 Å². The van der Waals surface area contributed by atoms with E-state index in [4.69, 9.17) is 4.74 Å².